The van der Waals surface area contributed by atoms with Gasteiger partial charge in [0, 0.05) is 22.8 Å². The van der Waals surface area contributed by atoms with E-state index in [4.69, 9.17) is 23.1 Å². The third kappa shape index (κ3) is 7.07. The third-order valence-corrected chi connectivity index (χ3v) is 3.94. The maximum Gasteiger partial charge on any atom is 0.327 e. The number of carboxylic acid groups (broad SMARTS) is 1. The Morgan fingerprint density at radius 1 is 1.38 bits per heavy atom. The molecule has 4 nitrogen and oxygen atoms in total. The third-order valence-electron chi connectivity index (χ3n) is 2.59. The summed E-state index contributed by atoms with van der Waals surface area (Å²) in [6.45, 7) is 0. The van der Waals surface area contributed by atoms with Gasteiger partial charge in [0.25, 0.3) is 0 Å². The first-order valence-electron chi connectivity index (χ1n) is 6.37. The Balaban J connectivity index is 2.25. The Bertz CT molecular complexity index is 525. The molecule has 1 unspecified atom stereocenters. The number of hydrogen-bond donors (Lipinski definition) is 2. The zero-order valence-electron chi connectivity index (χ0n) is 11.3. The number of aliphatic carboxylic acids is 1. The van der Waals surface area contributed by atoms with E-state index in [9.17, 15) is 9.59 Å². The van der Waals surface area contributed by atoms with Gasteiger partial charge in [0.2, 0.25) is 5.91 Å². The van der Waals surface area contributed by atoms with Crippen LogP contribution in [0.3, 0.4) is 0 Å². The summed E-state index contributed by atoms with van der Waals surface area (Å²) in [4.78, 5) is 23.5. The van der Waals surface area contributed by atoms with Crippen LogP contribution in [0, 0.1) is 12.3 Å². The average Bonchev–Trinajstić information content (AvgIpc) is 2.45. The molecule has 0 spiro atoms. The van der Waals surface area contributed by atoms with E-state index in [1.807, 2.05) is 24.3 Å². The van der Waals surface area contributed by atoms with E-state index in [1.54, 1.807) is 11.8 Å². The van der Waals surface area contributed by atoms with E-state index >= 15 is 0 Å². The highest BCUT2D eigenvalue weighted by atomic mass is 35.5. The summed E-state index contributed by atoms with van der Waals surface area (Å²) in [5.74, 6) is 1.59. The molecule has 0 heterocycles. The quantitative estimate of drug-likeness (QED) is 0.438. The lowest BCUT2D eigenvalue weighted by molar-refractivity contribution is -0.141. The molecule has 21 heavy (non-hydrogen) atoms. The molecule has 1 atom stereocenters. The van der Waals surface area contributed by atoms with Gasteiger partial charge in [-0.2, -0.15) is 0 Å². The van der Waals surface area contributed by atoms with Crippen molar-refractivity contribution in [3.63, 3.8) is 0 Å². The van der Waals surface area contributed by atoms with Gasteiger partial charge in [0.05, 0.1) is 0 Å². The molecule has 112 valence electrons. The Morgan fingerprint density at radius 2 is 2.05 bits per heavy atom. The Kier molecular flexibility index (Phi) is 7.73. The normalized spacial score (nSPS) is 11.4. The molecule has 0 saturated carbocycles. The van der Waals surface area contributed by atoms with E-state index in [2.05, 4.69) is 11.2 Å². The first-order valence-corrected chi connectivity index (χ1v) is 7.73. The van der Waals surface area contributed by atoms with Crippen molar-refractivity contribution < 1.29 is 14.7 Å². The van der Waals surface area contributed by atoms with Gasteiger partial charge in [-0.1, -0.05) is 11.6 Å². The summed E-state index contributed by atoms with van der Waals surface area (Å²) >= 11 is 7.41. The summed E-state index contributed by atoms with van der Waals surface area (Å²) in [7, 11) is 0. The zero-order valence-corrected chi connectivity index (χ0v) is 12.9. The highest BCUT2D eigenvalue weighted by Crippen LogP contribution is 2.21. The van der Waals surface area contributed by atoms with Crippen LogP contribution < -0.4 is 5.32 Å². The van der Waals surface area contributed by atoms with Crippen molar-refractivity contribution in [2.75, 3.05) is 5.75 Å². The second-order valence-corrected chi connectivity index (χ2v) is 5.88. The Labute approximate surface area is 133 Å². The smallest absolute Gasteiger partial charge is 0.327 e. The van der Waals surface area contributed by atoms with Crippen LogP contribution in [0.5, 0.6) is 0 Å². The SMILES string of the molecule is C#CCC(NC(=O)CCCSc1ccc(Cl)cc1)C(=O)O. The van der Waals surface area contributed by atoms with Crippen LogP contribution in [0.15, 0.2) is 29.2 Å². The minimum absolute atomic E-state index is 0.0133. The summed E-state index contributed by atoms with van der Waals surface area (Å²) in [6.07, 6.45) is 5.98. The molecular formula is C15H16ClNO3S. The molecule has 0 aliphatic carbocycles. The molecule has 0 aliphatic heterocycles. The zero-order chi connectivity index (χ0) is 15.7. The van der Waals surface area contributed by atoms with Gasteiger partial charge in [-0.15, -0.1) is 24.1 Å². The lowest BCUT2D eigenvalue weighted by Gasteiger charge is -2.11. The molecule has 0 bridgehead atoms. The predicted octanol–water partition coefficient (Wildman–Crippen LogP) is 2.81. The summed E-state index contributed by atoms with van der Waals surface area (Å²) in [6, 6.07) is 6.45. The number of nitrogens with one attached hydrogen (secondary N) is 1. The monoisotopic (exact) mass is 325 g/mol. The van der Waals surface area contributed by atoms with Crippen molar-refractivity contribution in [3.8, 4) is 12.3 Å². The summed E-state index contributed by atoms with van der Waals surface area (Å²) < 4.78 is 0. The lowest BCUT2D eigenvalue weighted by atomic mass is 10.2. The van der Waals surface area contributed by atoms with Crippen LogP contribution in [0.4, 0.5) is 0 Å². The molecule has 0 aliphatic rings. The Morgan fingerprint density at radius 3 is 2.62 bits per heavy atom. The standard InChI is InChI=1S/C15H16ClNO3S/c1-2-4-13(15(19)20)17-14(18)5-3-10-21-12-8-6-11(16)7-9-12/h1,6-9,13H,3-5,10H2,(H,17,18)(H,19,20). The number of carbonyl (C=O) groups is 2. The van der Waals surface area contributed by atoms with Crippen molar-refractivity contribution in [2.45, 2.75) is 30.2 Å². The number of benzene rings is 1. The van der Waals surface area contributed by atoms with E-state index in [0.717, 1.165) is 10.6 Å². The number of thioether (sulfide) groups is 1. The van der Waals surface area contributed by atoms with Gasteiger partial charge in [-0.05, 0) is 36.4 Å². The van der Waals surface area contributed by atoms with Gasteiger partial charge >= 0.3 is 5.97 Å². The van der Waals surface area contributed by atoms with Crippen LogP contribution in [0.2, 0.25) is 5.02 Å². The minimum atomic E-state index is -1.11. The summed E-state index contributed by atoms with van der Waals surface area (Å²) in [5.41, 5.74) is 0. The van der Waals surface area contributed by atoms with Crippen LogP contribution in [-0.2, 0) is 9.59 Å². The van der Waals surface area contributed by atoms with E-state index in [0.29, 0.717) is 11.4 Å². The molecular weight excluding hydrogens is 310 g/mol. The molecule has 6 heteroatoms. The average molecular weight is 326 g/mol. The topological polar surface area (TPSA) is 66.4 Å². The number of halogens is 1. The van der Waals surface area contributed by atoms with Gasteiger partial charge in [-0.3, -0.25) is 4.79 Å². The molecule has 1 aromatic carbocycles. The van der Waals surface area contributed by atoms with Crippen LogP contribution in [-0.4, -0.2) is 28.8 Å². The van der Waals surface area contributed by atoms with Crippen LogP contribution >= 0.6 is 23.4 Å². The number of carbonyl (C=O) groups excluding carboxylic acids is 1. The van der Waals surface area contributed by atoms with Gasteiger partial charge < -0.3 is 10.4 Å². The minimum Gasteiger partial charge on any atom is -0.480 e. The number of amides is 1. The lowest BCUT2D eigenvalue weighted by Crippen LogP contribution is -2.40. The maximum atomic E-state index is 11.6. The molecule has 1 amide bonds. The van der Waals surface area contributed by atoms with Crippen molar-refractivity contribution in [2.24, 2.45) is 0 Å². The Hall–Kier alpha value is -1.64. The number of terminal acetylenes is 1. The van der Waals surface area contributed by atoms with E-state index < -0.39 is 12.0 Å². The van der Waals surface area contributed by atoms with Crippen LogP contribution in [0.25, 0.3) is 0 Å². The second kappa shape index (κ2) is 9.32. The fourth-order valence-electron chi connectivity index (χ4n) is 1.54. The molecule has 0 aromatic heterocycles. The van der Waals surface area contributed by atoms with Gasteiger partial charge in [-0.25, -0.2) is 4.79 Å². The summed E-state index contributed by atoms with van der Waals surface area (Å²) in [5, 5.41) is 12.0. The number of hydrogen-bond acceptors (Lipinski definition) is 3. The van der Waals surface area contributed by atoms with Crippen LogP contribution in [0.1, 0.15) is 19.3 Å². The fraction of sp³-hybridized carbons (Fsp3) is 0.333. The van der Waals surface area contributed by atoms with Crippen molar-refractivity contribution in [3.05, 3.63) is 29.3 Å². The molecule has 1 rings (SSSR count). The first-order chi connectivity index (χ1) is 10.0. The number of rotatable bonds is 8. The van der Waals surface area contributed by atoms with Gasteiger partial charge in [0.1, 0.15) is 6.04 Å². The molecule has 1 aromatic rings. The highest BCUT2D eigenvalue weighted by Gasteiger charge is 2.18. The highest BCUT2D eigenvalue weighted by molar-refractivity contribution is 7.99. The largest absolute Gasteiger partial charge is 0.480 e. The van der Waals surface area contributed by atoms with Gasteiger partial charge in [0.15, 0.2) is 0 Å². The molecule has 0 fully saturated rings. The molecule has 0 saturated heterocycles. The molecule has 0 radical (unpaired) electrons. The second-order valence-electron chi connectivity index (χ2n) is 4.27. The predicted molar refractivity (Wildman–Crippen MR) is 84.4 cm³/mol. The van der Waals surface area contributed by atoms with E-state index in [-0.39, 0.29) is 18.7 Å². The van der Waals surface area contributed by atoms with Crippen molar-refractivity contribution in [1.82, 2.24) is 5.32 Å². The molecule has 2 N–H and O–H groups in total. The first kappa shape index (κ1) is 17.4. The number of carboxylic acids is 1. The van der Waals surface area contributed by atoms with Crippen molar-refractivity contribution >= 4 is 35.2 Å². The van der Waals surface area contributed by atoms with Crippen molar-refractivity contribution in [1.29, 1.82) is 0 Å². The van der Waals surface area contributed by atoms with E-state index in [1.165, 1.54) is 0 Å². The fourth-order valence-corrected chi connectivity index (χ4v) is 2.52. The maximum absolute atomic E-state index is 11.6.